The predicted octanol–water partition coefficient (Wildman–Crippen LogP) is 4.79. The van der Waals surface area contributed by atoms with E-state index >= 15 is 0 Å². The number of benzene rings is 2. The van der Waals surface area contributed by atoms with Gasteiger partial charge in [0.1, 0.15) is 18.0 Å². The molecule has 0 radical (unpaired) electrons. The first-order valence-corrected chi connectivity index (χ1v) is 17.0. The predicted molar refractivity (Wildman–Crippen MR) is 187 cm³/mol. The highest BCUT2D eigenvalue weighted by molar-refractivity contribution is 6.06. The van der Waals surface area contributed by atoms with Crippen LogP contribution in [-0.2, 0) is 50.5 Å². The van der Waals surface area contributed by atoms with Crippen LogP contribution in [0, 0.1) is 5.41 Å². The molecule has 1 spiro atoms. The number of pyridine rings is 1. The molecule has 0 bridgehead atoms. The zero-order valence-electron chi connectivity index (χ0n) is 29.0. The minimum absolute atomic E-state index is 0.0552. The summed E-state index contributed by atoms with van der Waals surface area (Å²) in [6.07, 6.45) is 3.91. The maximum atomic E-state index is 14.2. The molecule has 2 atom stereocenters. The number of rotatable bonds is 8. The van der Waals surface area contributed by atoms with Crippen molar-refractivity contribution in [3.63, 3.8) is 0 Å². The molecule has 3 aromatic rings. The average molecular weight is 667 g/mol. The number of amides is 4. The van der Waals surface area contributed by atoms with Crippen molar-refractivity contribution in [2.75, 3.05) is 37.3 Å². The van der Waals surface area contributed by atoms with Gasteiger partial charge in [0.2, 0.25) is 17.7 Å². The van der Waals surface area contributed by atoms with Crippen molar-refractivity contribution in [3.8, 4) is 0 Å². The molecule has 2 aromatic carbocycles. The fourth-order valence-corrected chi connectivity index (χ4v) is 7.27. The van der Waals surface area contributed by atoms with E-state index in [4.69, 9.17) is 4.74 Å². The number of hydrogen-bond donors (Lipinski definition) is 3. The molecule has 1 aliphatic carbocycles. The molecule has 3 heterocycles. The van der Waals surface area contributed by atoms with Crippen LogP contribution in [0.5, 0.6) is 0 Å². The third-order valence-corrected chi connectivity index (χ3v) is 9.79. The Labute approximate surface area is 287 Å². The minimum Gasteiger partial charge on any atom is -0.444 e. The smallest absolute Gasteiger partial charge is 0.410 e. The summed E-state index contributed by atoms with van der Waals surface area (Å²) in [5, 5.41) is 9.31. The molecule has 11 heteroatoms. The SMILES string of the molecule is CN(Cc1ccccc1CN(CC(=O)Nc1ccc2c(c1)C[C@@]1(C2)C(=O)Nc2ncccc21)C(=O)C1(C)CCCNC1)C(=O)OC(C)(C)C. The summed E-state index contributed by atoms with van der Waals surface area (Å²) in [6.45, 7) is 9.16. The van der Waals surface area contributed by atoms with E-state index < -0.39 is 22.5 Å². The van der Waals surface area contributed by atoms with Crippen LogP contribution in [0.2, 0.25) is 0 Å². The molecule has 1 unspecified atom stereocenters. The second-order valence-electron chi connectivity index (χ2n) is 14.9. The fraction of sp³-hybridized carbons (Fsp3) is 0.447. The topological polar surface area (TPSA) is 133 Å². The van der Waals surface area contributed by atoms with Gasteiger partial charge in [-0.2, -0.15) is 0 Å². The Bertz CT molecular complexity index is 1780. The number of hydrogen-bond acceptors (Lipinski definition) is 7. The van der Waals surface area contributed by atoms with Gasteiger partial charge in [0.15, 0.2) is 0 Å². The second-order valence-corrected chi connectivity index (χ2v) is 14.9. The van der Waals surface area contributed by atoms with Gasteiger partial charge in [-0.05, 0) is 100 Å². The van der Waals surface area contributed by atoms with Crippen LogP contribution in [0.3, 0.4) is 0 Å². The van der Waals surface area contributed by atoms with Crippen molar-refractivity contribution in [2.24, 2.45) is 5.41 Å². The van der Waals surface area contributed by atoms with E-state index in [0.717, 1.165) is 47.2 Å². The standard InChI is InChI=1S/C38H46N6O5/c1-36(2,3)49-35(48)43(5)21-26-10-6-7-11-27(26)22-44(34(47)37(4)15-9-16-39-24-37)23-31(45)41-29-14-13-25-19-38(20-28(25)18-29)30-12-8-17-40-32(30)42-33(38)46/h6-8,10-14,17-18,39H,9,15-16,19-24H2,1-5H3,(H,41,45)(H,40,42,46)/t37?,38-/m1/s1. The maximum Gasteiger partial charge on any atom is 0.410 e. The summed E-state index contributed by atoms with van der Waals surface area (Å²) in [5.74, 6) is 0.143. The molecule has 11 nitrogen and oxygen atoms in total. The number of fused-ring (bicyclic) bond motifs is 3. The molecule has 49 heavy (non-hydrogen) atoms. The first-order chi connectivity index (χ1) is 23.3. The summed E-state index contributed by atoms with van der Waals surface area (Å²) in [5.41, 5.74) is 3.30. The van der Waals surface area contributed by atoms with Crippen molar-refractivity contribution in [1.29, 1.82) is 0 Å². The first-order valence-electron chi connectivity index (χ1n) is 17.0. The van der Waals surface area contributed by atoms with Gasteiger partial charge in [-0.25, -0.2) is 9.78 Å². The largest absolute Gasteiger partial charge is 0.444 e. The van der Waals surface area contributed by atoms with Gasteiger partial charge in [0.05, 0.1) is 10.8 Å². The molecule has 3 N–H and O–H groups in total. The zero-order chi connectivity index (χ0) is 35.0. The molecule has 258 valence electrons. The lowest BCUT2D eigenvalue weighted by atomic mass is 9.79. The number of nitrogens with one attached hydrogen (secondary N) is 3. The Kier molecular flexibility index (Phi) is 9.23. The molecule has 3 aliphatic rings. The minimum atomic E-state index is -0.702. The highest BCUT2D eigenvalue weighted by Crippen LogP contribution is 2.47. The van der Waals surface area contributed by atoms with Gasteiger partial charge in [-0.3, -0.25) is 14.4 Å². The highest BCUT2D eigenvalue weighted by atomic mass is 16.6. The van der Waals surface area contributed by atoms with E-state index in [1.54, 1.807) is 18.1 Å². The van der Waals surface area contributed by atoms with Gasteiger partial charge in [-0.15, -0.1) is 0 Å². The number of carbonyl (C=O) groups excluding carboxylic acids is 4. The number of nitrogens with zero attached hydrogens (tertiary/aromatic N) is 3. The molecular weight excluding hydrogens is 620 g/mol. The molecule has 1 saturated heterocycles. The molecule has 4 amide bonds. The Morgan fingerprint density at radius 2 is 1.73 bits per heavy atom. The van der Waals surface area contributed by atoms with Crippen LogP contribution >= 0.6 is 0 Å². The molecule has 1 aromatic heterocycles. The summed E-state index contributed by atoms with van der Waals surface area (Å²) in [4.78, 5) is 61.3. The number of anilines is 2. The quantitative estimate of drug-likeness (QED) is 0.315. The van der Waals surface area contributed by atoms with Gasteiger partial charge >= 0.3 is 6.09 Å². The Morgan fingerprint density at radius 3 is 2.45 bits per heavy atom. The lowest BCUT2D eigenvalue weighted by Gasteiger charge is -2.37. The molecule has 1 fully saturated rings. The van der Waals surface area contributed by atoms with Crippen LogP contribution in [0.4, 0.5) is 16.3 Å². The van der Waals surface area contributed by atoms with Crippen LogP contribution in [0.1, 0.15) is 68.4 Å². The first kappa shape index (κ1) is 34.1. The maximum absolute atomic E-state index is 14.2. The fourth-order valence-electron chi connectivity index (χ4n) is 7.27. The monoisotopic (exact) mass is 666 g/mol. The zero-order valence-corrected chi connectivity index (χ0v) is 29.0. The molecule has 0 saturated carbocycles. The second kappa shape index (κ2) is 13.3. The summed E-state index contributed by atoms with van der Waals surface area (Å²) >= 11 is 0. The summed E-state index contributed by atoms with van der Waals surface area (Å²) in [7, 11) is 1.68. The van der Waals surface area contributed by atoms with E-state index in [1.165, 1.54) is 4.90 Å². The van der Waals surface area contributed by atoms with Crippen molar-refractivity contribution >= 4 is 35.3 Å². The van der Waals surface area contributed by atoms with Crippen molar-refractivity contribution in [2.45, 2.75) is 77.5 Å². The van der Waals surface area contributed by atoms with Gasteiger partial charge < -0.3 is 30.5 Å². The van der Waals surface area contributed by atoms with E-state index in [-0.39, 0.29) is 37.4 Å². The molecule has 6 rings (SSSR count). The lowest BCUT2D eigenvalue weighted by molar-refractivity contribution is -0.145. The lowest BCUT2D eigenvalue weighted by Crippen LogP contribution is -2.51. The van der Waals surface area contributed by atoms with Gasteiger partial charge in [-0.1, -0.05) is 36.4 Å². The van der Waals surface area contributed by atoms with Gasteiger partial charge in [0, 0.05) is 44.1 Å². The Morgan fingerprint density at radius 1 is 1.00 bits per heavy atom. The average Bonchev–Trinajstić information content (AvgIpc) is 3.57. The van der Waals surface area contributed by atoms with E-state index in [2.05, 4.69) is 20.9 Å². The molecule has 2 aliphatic heterocycles. The summed E-state index contributed by atoms with van der Waals surface area (Å²) < 4.78 is 5.55. The van der Waals surface area contributed by atoms with E-state index in [1.807, 2.05) is 82.3 Å². The third-order valence-electron chi connectivity index (χ3n) is 9.79. The Hall–Kier alpha value is -4.77. The number of carbonyl (C=O) groups is 4. The van der Waals surface area contributed by atoms with Crippen LogP contribution < -0.4 is 16.0 Å². The van der Waals surface area contributed by atoms with Crippen molar-refractivity contribution < 1.29 is 23.9 Å². The third kappa shape index (κ3) is 7.17. The normalized spacial score (nSPS) is 21.0. The van der Waals surface area contributed by atoms with E-state index in [9.17, 15) is 19.2 Å². The van der Waals surface area contributed by atoms with Crippen LogP contribution in [0.15, 0.2) is 60.8 Å². The highest BCUT2D eigenvalue weighted by Gasteiger charge is 2.51. The Balaban J connectivity index is 1.19. The van der Waals surface area contributed by atoms with E-state index in [0.29, 0.717) is 30.9 Å². The number of ether oxygens (including phenoxy) is 1. The van der Waals surface area contributed by atoms with Crippen molar-refractivity contribution in [3.05, 3.63) is 88.6 Å². The van der Waals surface area contributed by atoms with Crippen LogP contribution in [0.25, 0.3) is 0 Å². The van der Waals surface area contributed by atoms with Crippen molar-refractivity contribution in [1.82, 2.24) is 20.1 Å². The van der Waals surface area contributed by atoms with Crippen LogP contribution in [-0.4, -0.2) is 70.9 Å². The summed E-state index contributed by atoms with van der Waals surface area (Å²) in [6, 6.07) is 17.2. The van der Waals surface area contributed by atoms with Gasteiger partial charge in [0.25, 0.3) is 0 Å². The number of aromatic nitrogens is 1. The molecular formula is C38H46N6O5. The number of piperidine rings is 1.